The summed E-state index contributed by atoms with van der Waals surface area (Å²) >= 11 is 0. The van der Waals surface area contributed by atoms with Gasteiger partial charge in [0.25, 0.3) is 0 Å². The zero-order valence-electron chi connectivity index (χ0n) is 13.3. The van der Waals surface area contributed by atoms with Crippen LogP contribution in [0.15, 0.2) is 58.3 Å². The first-order valence-corrected chi connectivity index (χ1v) is 7.61. The second-order valence-electron chi connectivity index (χ2n) is 5.60. The number of azo groups is 1. The first-order chi connectivity index (χ1) is 11.7. The lowest BCUT2D eigenvalue weighted by molar-refractivity contribution is -0.114. The Balaban J connectivity index is 1.96. The summed E-state index contributed by atoms with van der Waals surface area (Å²) in [6.07, 6.45) is 2.03. The van der Waals surface area contributed by atoms with Crippen molar-refractivity contribution in [1.82, 2.24) is 0 Å². The third kappa shape index (κ3) is 2.13. The molecule has 1 aliphatic heterocycles. The van der Waals surface area contributed by atoms with Crippen molar-refractivity contribution in [3.8, 4) is 5.75 Å². The molecule has 2 aliphatic rings. The molecular weight excluding hydrogens is 302 g/mol. The summed E-state index contributed by atoms with van der Waals surface area (Å²) in [4.78, 5) is 11.4. The Morgan fingerprint density at radius 2 is 1.83 bits per heavy atom. The minimum Gasteiger partial charge on any atom is -0.496 e. The van der Waals surface area contributed by atoms with Crippen LogP contribution in [0.2, 0.25) is 0 Å². The van der Waals surface area contributed by atoms with E-state index in [1.54, 1.807) is 7.11 Å². The van der Waals surface area contributed by atoms with Crippen LogP contribution in [0.5, 0.6) is 5.75 Å². The van der Waals surface area contributed by atoms with Crippen molar-refractivity contribution in [2.45, 2.75) is 6.92 Å². The van der Waals surface area contributed by atoms with Gasteiger partial charge in [-0.3, -0.25) is 4.79 Å². The lowest BCUT2D eigenvalue weighted by Crippen LogP contribution is -2.27. The normalized spacial score (nSPS) is 14.3. The highest BCUT2D eigenvalue weighted by Gasteiger charge is 2.24. The van der Waals surface area contributed by atoms with Crippen molar-refractivity contribution < 1.29 is 9.53 Å². The average Bonchev–Trinajstić information content (AvgIpc) is 3.14. The van der Waals surface area contributed by atoms with Crippen molar-refractivity contribution in [2.75, 3.05) is 12.4 Å². The second kappa shape index (κ2) is 5.45. The summed E-state index contributed by atoms with van der Waals surface area (Å²) in [5.74, 6) is 0.658. The van der Waals surface area contributed by atoms with Crippen molar-refractivity contribution in [3.05, 3.63) is 64.0 Å². The number of ether oxygens (including phenoxy) is 1. The lowest BCUT2D eigenvalue weighted by Gasteiger charge is -2.07. The summed E-state index contributed by atoms with van der Waals surface area (Å²) in [5, 5.41) is 13.5. The Labute approximate surface area is 138 Å². The molecule has 4 rings (SSSR count). The van der Waals surface area contributed by atoms with E-state index in [1.165, 1.54) is 6.92 Å². The first kappa shape index (κ1) is 14.4. The number of nitrogens with one attached hydrogen (secondary N) is 1. The van der Waals surface area contributed by atoms with E-state index in [0.717, 1.165) is 44.4 Å². The molecule has 1 heterocycles. The maximum Gasteiger partial charge on any atom is 0.221 e. The number of amides is 1. The lowest BCUT2D eigenvalue weighted by atomic mass is 10.1. The van der Waals surface area contributed by atoms with E-state index in [2.05, 4.69) is 15.5 Å². The van der Waals surface area contributed by atoms with Gasteiger partial charge in [-0.2, -0.15) is 0 Å². The van der Waals surface area contributed by atoms with Crippen molar-refractivity contribution in [1.29, 1.82) is 0 Å². The molecule has 1 aliphatic carbocycles. The van der Waals surface area contributed by atoms with Crippen LogP contribution in [-0.4, -0.2) is 13.0 Å². The topological polar surface area (TPSA) is 63.0 Å². The minimum absolute atomic E-state index is 0.0978. The maximum absolute atomic E-state index is 11.4. The zero-order chi connectivity index (χ0) is 16.7. The Morgan fingerprint density at radius 1 is 1.04 bits per heavy atom. The number of nitrogens with zero attached hydrogens (tertiary/aromatic N) is 2. The van der Waals surface area contributed by atoms with Gasteiger partial charge in [0.15, 0.2) is 0 Å². The average molecular weight is 317 g/mol. The Morgan fingerprint density at radius 3 is 2.62 bits per heavy atom. The van der Waals surface area contributed by atoms with Crippen LogP contribution < -0.4 is 20.5 Å². The molecule has 0 atom stereocenters. The molecule has 0 fully saturated rings. The van der Waals surface area contributed by atoms with Crippen molar-refractivity contribution in [3.63, 3.8) is 0 Å². The van der Waals surface area contributed by atoms with E-state index in [4.69, 9.17) is 4.74 Å². The molecular formula is C19H15N3O2. The Hall–Kier alpha value is -3.21. The number of carbonyl (C=O) groups excluding carboxylic acids is 1. The fourth-order valence-corrected chi connectivity index (χ4v) is 3.06. The number of rotatable bonds is 3. The van der Waals surface area contributed by atoms with Gasteiger partial charge in [-0.25, -0.2) is 0 Å². The first-order valence-electron chi connectivity index (χ1n) is 7.61. The standard InChI is InChI=1S/C19H15N3O2/c1-11(23)20-16-8-5-7-12-14(16)10-15-18(12)21-22-19(15)13-6-3-4-9-17(13)24-2/h3-10H,1-2H3,(H,20,23). The van der Waals surface area contributed by atoms with E-state index in [1.807, 2.05) is 48.5 Å². The number of para-hydroxylation sites is 1. The van der Waals surface area contributed by atoms with Crippen LogP contribution in [0, 0.1) is 0 Å². The monoisotopic (exact) mass is 317 g/mol. The largest absolute Gasteiger partial charge is 0.496 e. The molecule has 2 aromatic rings. The van der Waals surface area contributed by atoms with Crippen LogP contribution in [0.25, 0.3) is 17.5 Å². The molecule has 0 saturated heterocycles. The summed E-state index contributed by atoms with van der Waals surface area (Å²) in [6.45, 7) is 1.50. The van der Waals surface area contributed by atoms with Crippen molar-refractivity contribution >= 4 is 29.1 Å². The van der Waals surface area contributed by atoms with Crippen LogP contribution >= 0.6 is 0 Å². The smallest absolute Gasteiger partial charge is 0.221 e. The SMILES string of the molecule is COc1ccccc1C1=C2C=c3c(NC(C)=O)cccc3=C2N=N1. The second-order valence-corrected chi connectivity index (χ2v) is 5.60. The highest BCUT2D eigenvalue weighted by molar-refractivity contribution is 5.98. The predicted molar refractivity (Wildman–Crippen MR) is 92.6 cm³/mol. The van der Waals surface area contributed by atoms with E-state index in [9.17, 15) is 4.79 Å². The van der Waals surface area contributed by atoms with E-state index in [0.29, 0.717) is 0 Å². The van der Waals surface area contributed by atoms with Crippen LogP contribution in [0.1, 0.15) is 12.5 Å². The van der Waals surface area contributed by atoms with Gasteiger partial charge in [-0.05, 0) is 24.3 Å². The number of carbonyl (C=O) groups is 1. The molecule has 5 nitrogen and oxygen atoms in total. The summed E-state index contributed by atoms with van der Waals surface area (Å²) in [5.41, 5.74) is 4.25. The van der Waals surface area contributed by atoms with Crippen LogP contribution in [0.4, 0.5) is 5.69 Å². The van der Waals surface area contributed by atoms with Gasteiger partial charge < -0.3 is 10.1 Å². The number of methoxy groups -OCH3 is 1. The van der Waals surface area contributed by atoms with Gasteiger partial charge in [0.1, 0.15) is 17.1 Å². The molecule has 0 bridgehead atoms. The minimum atomic E-state index is -0.0978. The quantitative estimate of drug-likeness (QED) is 0.945. The predicted octanol–water partition coefficient (Wildman–Crippen LogP) is 2.43. The van der Waals surface area contributed by atoms with Gasteiger partial charge in [-0.1, -0.05) is 24.3 Å². The molecule has 24 heavy (non-hydrogen) atoms. The molecule has 0 radical (unpaired) electrons. The van der Waals surface area contributed by atoms with Crippen LogP contribution in [0.3, 0.4) is 0 Å². The number of hydrogen-bond donors (Lipinski definition) is 1. The van der Waals surface area contributed by atoms with Crippen LogP contribution in [-0.2, 0) is 4.79 Å². The fourth-order valence-electron chi connectivity index (χ4n) is 3.06. The fraction of sp³-hybridized carbons (Fsp3) is 0.105. The highest BCUT2D eigenvalue weighted by atomic mass is 16.5. The molecule has 0 spiro atoms. The number of fused-ring (bicyclic) bond motifs is 2. The van der Waals surface area contributed by atoms with Gasteiger partial charge >= 0.3 is 0 Å². The van der Waals surface area contributed by atoms with Gasteiger partial charge in [0.2, 0.25) is 5.91 Å². The van der Waals surface area contributed by atoms with E-state index < -0.39 is 0 Å². The summed E-state index contributed by atoms with van der Waals surface area (Å²) in [6, 6.07) is 13.5. The molecule has 1 N–H and O–H groups in total. The van der Waals surface area contributed by atoms with E-state index in [-0.39, 0.29) is 5.91 Å². The highest BCUT2D eigenvalue weighted by Crippen LogP contribution is 2.38. The molecule has 2 aromatic carbocycles. The maximum atomic E-state index is 11.4. The Bertz CT molecular complexity index is 1050. The van der Waals surface area contributed by atoms with Gasteiger partial charge in [0, 0.05) is 34.2 Å². The molecule has 5 heteroatoms. The number of anilines is 1. The summed E-state index contributed by atoms with van der Waals surface area (Å²) < 4.78 is 5.44. The van der Waals surface area contributed by atoms with Crippen molar-refractivity contribution in [2.24, 2.45) is 10.2 Å². The van der Waals surface area contributed by atoms with Gasteiger partial charge in [0.05, 0.1) is 7.11 Å². The summed E-state index contributed by atoms with van der Waals surface area (Å²) in [7, 11) is 1.64. The van der Waals surface area contributed by atoms with Gasteiger partial charge in [-0.15, -0.1) is 10.2 Å². The number of benzene rings is 2. The molecule has 0 saturated carbocycles. The Kier molecular flexibility index (Phi) is 3.27. The number of hydrogen-bond acceptors (Lipinski definition) is 4. The zero-order valence-corrected chi connectivity index (χ0v) is 13.3. The third-order valence-corrected chi connectivity index (χ3v) is 4.08. The third-order valence-electron chi connectivity index (χ3n) is 4.08. The molecule has 1 amide bonds. The molecule has 0 unspecified atom stereocenters. The molecule has 118 valence electrons. The molecule has 0 aromatic heterocycles. The van der Waals surface area contributed by atoms with E-state index >= 15 is 0 Å².